The van der Waals surface area contributed by atoms with Crippen LogP contribution in [0.2, 0.25) is 5.02 Å². The van der Waals surface area contributed by atoms with Crippen molar-refractivity contribution >= 4 is 58.3 Å². The van der Waals surface area contributed by atoms with Gasteiger partial charge in [0.25, 0.3) is 5.91 Å². The maximum Gasteiger partial charge on any atom is 0.258 e. The minimum Gasteiger partial charge on any atom is -0.499 e. The molecule has 3 aliphatic carbocycles. The van der Waals surface area contributed by atoms with Gasteiger partial charge in [-0.2, -0.15) is 4.98 Å². The number of anilines is 2. The summed E-state index contributed by atoms with van der Waals surface area (Å²) >= 11 is 7.73. The van der Waals surface area contributed by atoms with Gasteiger partial charge in [0, 0.05) is 70.8 Å². The number of hydrogen-bond donors (Lipinski definition) is 5. The Hall–Kier alpha value is -5.37. The predicted molar refractivity (Wildman–Crippen MR) is 275 cm³/mol. The quantitative estimate of drug-likeness (QED) is 0.100. The van der Waals surface area contributed by atoms with E-state index in [0.717, 1.165) is 67.0 Å². The smallest absolute Gasteiger partial charge is 0.258 e. The predicted octanol–water partition coefficient (Wildman–Crippen LogP) is 6.34. The van der Waals surface area contributed by atoms with E-state index >= 15 is 0 Å². The number of aliphatic hydroxyl groups excluding tert-OH is 1. The molecule has 5 N–H and O–H groups in total. The summed E-state index contributed by atoms with van der Waals surface area (Å²) in [5.74, 6) is 0.857. The van der Waals surface area contributed by atoms with Crippen molar-refractivity contribution in [1.82, 2.24) is 40.3 Å². The van der Waals surface area contributed by atoms with Crippen LogP contribution in [0.5, 0.6) is 5.75 Å². The van der Waals surface area contributed by atoms with Gasteiger partial charge in [0.05, 0.1) is 53.7 Å². The average Bonchev–Trinajstić information content (AvgIpc) is 3.77. The third kappa shape index (κ3) is 12.2. The van der Waals surface area contributed by atoms with Crippen molar-refractivity contribution in [2.45, 2.75) is 110 Å². The van der Waals surface area contributed by atoms with Crippen LogP contribution in [-0.2, 0) is 30.5 Å². The van der Waals surface area contributed by atoms with Crippen molar-refractivity contribution in [2.75, 3.05) is 70.7 Å². The number of piperazine rings is 1. The van der Waals surface area contributed by atoms with Crippen molar-refractivity contribution in [3.05, 3.63) is 69.8 Å². The fourth-order valence-electron chi connectivity index (χ4n) is 10.4. The lowest BCUT2D eigenvalue weighted by molar-refractivity contribution is -0.145. The number of halogens is 2. The molecule has 0 spiro atoms. The molecule has 4 fully saturated rings. The van der Waals surface area contributed by atoms with Gasteiger partial charge in [-0.15, -0.1) is 11.3 Å². The Balaban J connectivity index is 0.823. The van der Waals surface area contributed by atoms with Crippen LogP contribution in [0.25, 0.3) is 10.4 Å². The van der Waals surface area contributed by atoms with Crippen molar-refractivity contribution in [2.24, 2.45) is 29.1 Å². The first-order valence-electron chi connectivity index (χ1n) is 25.2. The maximum absolute atomic E-state index is 14.7. The third-order valence-corrected chi connectivity index (χ3v) is 16.2. The number of hydrogen-bond acceptors (Lipinski definition) is 14. The van der Waals surface area contributed by atoms with E-state index in [9.17, 15) is 28.7 Å². The molecule has 72 heavy (non-hydrogen) atoms. The summed E-state index contributed by atoms with van der Waals surface area (Å²) in [4.78, 5) is 74.6. The molecule has 0 bridgehead atoms. The molecule has 2 aromatic heterocycles. The topological polar surface area (TPSA) is 203 Å². The zero-order chi connectivity index (χ0) is 51.5. The minimum absolute atomic E-state index is 0.0362. The molecule has 3 aromatic rings. The molecule has 390 valence electrons. The van der Waals surface area contributed by atoms with E-state index in [1.54, 1.807) is 46.3 Å². The molecule has 5 aliphatic rings. The second kappa shape index (κ2) is 22.4. The number of nitrogens with zero attached hydrogens (tertiary/aromatic N) is 6. The largest absolute Gasteiger partial charge is 0.499 e. The van der Waals surface area contributed by atoms with E-state index in [0.29, 0.717) is 65.5 Å². The lowest BCUT2D eigenvalue weighted by Crippen LogP contribution is -2.59. The standard InChI is InChI=1S/C52H70ClFN10O7S/c1-30-37(14-15-39(42(30)70-7)59-50-57-25-38(53)45(55-6)61-50)47(67)63-20-18-62(19-21-63)26-32-8-10-33(11-9-32)28-71-41-22-34(43-31(2)58-29-72-43)12-13-35(41)24-56-46(66)40-23-36(65)27-64(40)48(68)44(51(3,4)5)60-49(69)52(54)16-17-52/h12-15,22,25,29-30,32-33,36-37,40,44,65H,8-11,16-21,23-24,26-28H2,1-7H3,(H,56,66)(H,60,69)(H2,55,57,59,61)/t30?,32?,33?,36-,37?,40+,44-/m1/s1. The summed E-state index contributed by atoms with van der Waals surface area (Å²) in [6, 6.07) is 3.88. The maximum atomic E-state index is 14.7. The number of methoxy groups -OCH3 is 1. The highest BCUT2D eigenvalue weighted by molar-refractivity contribution is 7.13. The number of aryl methyl sites for hydroxylation is 1. The number of carbonyl (C=O) groups is 4. The average molecular weight is 1030 g/mol. The SMILES string of the molecule is CNc1nc(NC2=C(OC)C(C)C(C(=O)N3CCN(CC4CCC(COc5cc(-c6scnc6C)ccc5CNC(=O)[C@@H]5C[C@@H](O)CN5C(=O)[C@@H](NC(=O)C5(F)CC5)C(C)(C)C)CC4)CC3)C=C2)ncc1Cl. The third-order valence-electron chi connectivity index (χ3n) is 14.9. The Bertz CT molecular complexity index is 2530. The molecule has 2 saturated carbocycles. The normalized spacial score (nSPS) is 24.6. The number of alkyl halides is 1. The first kappa shape index (κ1) is 52.9. The number of β-amino-alcohol motifs (C(OH)–C–C–N with tert-alkyl or cyclic N) is 1. The van der Waals surface area contributed by atoms with Gasteiger partial charge < -0.3 is 45.6 Å². The number of thiazole rings is 1. The van der Waals surface area contributed by atoms with Gasteiger partial charge in [-0.3, -0.25) is 24.1 Å². The molecular formula is C52H70ClFN10O7S. The molecule has 8 rings (SSSR count). The molecule has 4 amide bonds. The Morgan fingerprint density at radius 3 is 2.43 bits per heavy atom. The molecule has 17 nitrogen and oxygen atoms in total. The number of aromatic nitrogens is 3. The number of benzene rings is 1. The van der Waals surface area contributed by atoms with Gasteiger partial charge >= 0.3 is 0 Å². The summed E-state index contributed by atoms with van der Waals surface area (Å²) in [5.41, 5.74) is 2.42. The van der Waals surface area contributed by atoms with Gasteiger partial charge in [-0.1, -0.05) is 57.5 Å². The fraction of sp³-hybridized carbons (Fsp3) is 0.596. The van der Waals surface area contributed by atoms with E-state index in [1.807, 2.05) is 54.6 Å². The van der Waals surface area contributed by atoms with E-state index in [1.165, 1.54) is 11.1 Å². The summed E-state index contributed by atoms with van der Waals surface area (Å²) in [6.45, 7) is 13.8. The molecule has 2 aliphatic heterocycles. The zero-order valence-corrected chi connectivity index (χ0v) is 44.0. The molecule has 0 radical (unpaired) electrons. The van der Waals surface area contributed by atoms with E-state index in [4.69, 9.17) is 21.1 Å². The van der Waals surface area contributed by atoms with Crippen molar-refractivity contribution in [3.63, 3.8) is 0 Å². The number of carbonyl (C=O) groups excluding carboxylic acids is 4. The van der Waals surface area contributed by atoms with Crippen LogP contribution in [0, 0.1) is 36.0 Å². The Kier molecular flexibility index (Phi) is 16.5. The molecule has 20 heteroatoms. The van der Waals surface area contributed by atoms with Crippen LogP contribution >= 0.6 is 22.9 Å². The molecular weight excluding hydrogens is 963 g/mol. The number of amides is 4. The van der Waals surface area contributed by atoms with Gasteiger partial charge in [-0.25, -0.2) is 14.4 Å². The van der Waals surface area contributed by atoms with Gasteiger partial charge in [0.2, 0.25) is 23.7 Å². The highest BCUT2D eigenvalue weighted by Crippen LogP contribution is 2.41. The zero-order valence-electron chi connectivity index (χ0n) is 42.4. The number of nitrogens with one attached hydrogen (secondary N) is 4. The van der Waals surface area contributed by atoms with E-state index < -0.39 is 47.0 Å². The van der Waals surface area contributed by atoms with Crippen molar-refractivity contribution in [1.29, 1.82) is 0 Å². The van der Waals surface area contributed by atoms with Crippen molar-refractivity contribution < 1.29 is 38.1 Å². The van der Waals surface area contributed by atoms with Crippen LogP contribution in [0.1, 0.15) is 83.9 Å². The molecule has 4 heterocycles. The Morgan fingerprint density at radius 1 is 1.06 bits per heavy atom. The molecule has 1 aromatic carbocycles. The van der Waals surface area contributed by atoms with Crippen LogP contribution in [0.15, 0.2) is 53.5 Å². The van der Waals surface area contributed by atoms with Crippen LogP contribution in [-0.4, -0.2) is 142 Å². The summed E-state index contributed by atoms with van der Waals surface area (Å²) in [6.07, 6.45) is 8.87. The first-order valence-corrected chi connectivity index (χ1v) is 26.5. The number of rotatable bonds is 17. The van der Waals surface area contributed by atoms with Gasteiger partial charge in [0.15, 0.2) is 5.67 Å². The van der Waals surface area contributed by atoms with E-state index in [2.05, 4.69) is 41.1 Å². The fourth-order valence-corrected chi connectivity index (χ4v) is 11.4. The lowest BCUT2D eigenvalue weighted by Gasteiger charge is -2.40. The minimum atomic E-state index is -1.97. The second-order valence-corrected chi connectivity index (χ2v) is 22.4. The molecule has 2 saturated heterocycles. The summed E-state index contributed by atoms with van der Waals surface area (Å²) < 4.78 is 27.2. The Labute approximate surface area is 430 Å². The van der Waals surface area contributed by atoms with Crippen LogP contribution in [0.3, 0.4) is 0 Å². The highest BCUT2D eigenvalue weighted by Gasteiger charge is 2.53. The number of aliphatic hydroxyl groups is 1. The van der Waals surface area contributed by atoms with Crippen LogP contribution < -0.4 is 26.0 Å². The molecule has 5 atom stereocenters. The summed E-state index contributed by atoms with van der Waals surface area (Å²) in [5, 5.41) is 22.9. The Morgan fingerprint density at radius 2 is 1.78 bits per heavy atom. The summed E-state index contributed by atoms with van der Waals surface area (Å²) in [7, 11) is 3.35. The number of likely N-dealkylation sites (tertiary alicyclic amines) is 1. The van der Waals surface area contributed by atoms with Crippen molar-refractivity contribution in [3.8, 4) is 16.2 Å². The highest BCUT2D eigenvalue weighted by atomic mass is 35.5. The number of ether oxygens (including phenoxy) is 2. The second-order valence-electron chi connectivity index (χ2n) is 21.2. The number of allylic oxidation sites excluding steroid dienone is 2. The van der Waals surface area contributed by atoms with Gasteiger partial charge in [-0.05, 0) is 80.4 Å². The van der Waals surface area contributed by atoms with E-state index in [-0.39, 0.29) is 50.1 Å². The monoisotopic (exact) mass is 1030 g/mol. The van der Waals surface area contributed by atoms with Gasteiger partial charge in [0.1, 0.15) is 34.4 Å². The first-order chi connectivity index (χ1) is 34.3. The van der Waals surface area contributed by atoms with Crippen LogP contribution in [0.4, 0.5) is 16.2 Å². The lowest BCUT2D eigenvalue weighted by atomic mass is 9.82. The molecule has 2 unspecified atom stereocenters.